The van der Waals surface area contributed by atoms with Gasteiger partial charge in [-0.1, -0.05) is 18.2 Å². The highest BCUT2D eigenvalue weighted by Gasteiger charge is 2.16. The summed E-state index contributed by atoms with van der Waals surface area (Å²) in [4.78, 5) is 5.75. The Morgan fingerprint density at radius 3 is 3.17 bits per heavy atom. The molecule has 2 aromatic rings. The highest BCUT2D eigenvalue weighted by Crippen LogP contribution is 2.18. The van der Waals surface area contributed by atoms with Gasteiger partial charge in [-0.25, -0.2) is 0 Å². The fourth-order valence-corrected chi connectivity index (χ4v) is 2.87. The summed E-state index contributed by atoms with van der Waals surface area (Å²) >= 11 is 0. The van der Waals surface area contributed by atoms with E-state index in [-0.39, 0.29) is 0 Å². The van der Waals surface area contributed by atoms with Crippen molar-refractivity contribution in [2.75, 3.05) is 20.1 Å². The van der Waals surface area contributed by atoms with Crippen LogP contribution < -0.4 is 5.32 Å². The first-order chi connectivity index (χ1) is 8.83. The van der Waals surface area contributed by atoms with Crippen LogP contribution in [-0.2, 0) is 6.54 Å². The Balaban J connectivity index is 1.66. The van der Waals surface area contributed by atoms with Crippen LogP contribution in [0.2, 0.25) is 0 Å². The topological polar surface area (TPSA) is 31.1 Å². The van der Waals surface area contributed by atoms with E-state index in [1.165, 1.54) is 42.4 Å². The number of aromatic nitrogens is 1. The largest absolute Gasteiger partial charge is 0.361 e. The quantitative estimate of drug-likeness (QED) is 0.867. The Morgan fingerprint density at radius 1 is 1.39 bits per heavy atom. The zero-order chi connectivity index (χ0) is 12.4. The second-order valence-corrected chi connectivity index (χ2v) is 5.34. The molecule has 1 aromatic carbocycles. The molecular weight excluding hydrogens is 222 g/mol. The van der Waals surface area contributed by atoms with Crippen molar-refractivity contribution >= 4 is 10.9 Å². The summed E-state index contributed by atoms with van der Waals surface area (Å²) in [7, 11) is 2.21. The van der Waals surface area contributed by atoms with E-state index in [4.69, 9.17) is 0 Å². The van der Waals surface area contributed by atoms with Gasteiger partial charge in [0.05, 0.1) is 0 Å². The number of fused-ring (bicyclic) bond motifs is 1. The Kier molecular flexibility index (Phi) is 3.35. The number of para-hydroxylation sites is 1. The lowest BCUT2D eigenvalue weighted by molar-refractivity contribution is 0.226. The first-order valence-corrected chi connectivity index (χ1v) is 6.80. The number of aromatic amines is 1. The Bertz CT molecular complexity index is 517. The van der Waals surface area contributed by atoms with Gasteiger partial charge >= 0.3 is 0 Å². The predicted molar refractivity (Wildman–Crippen MR) is 75.7 cm³/mol. The number of benzene rings is 1. The SMILES string of the molecule is CN1CCCC(NCc2c[nH]c3ccccc23)C1. The minimum absolute atomic E-state index is 0.636. The fraction of sp³-hybridized carbons (Fsp3) is 0.467. The Labute approximate surface area is 108 Å². The fourth-order valence-electron chi connectivity index (χ4n) is 2.87. The number of likely N-dealkylation sites (N-methyl/N-ethyl adjacent to an activating group) is 1. The highest BCUT2D eigenvalue weighted by molar-refractivity contribution is 5.82. The second-order valence-electron chi connectivity index (χ2n) is 5.34. The van der Waals surface area contributed by atoms with Crippen LogP contribution in [0.25, 0.3) is 10.9 Å². The van der Waals surface area contributed by atoms with E-state index in [2.05, 4.69) is 52.7 Å². The average molecular weight is 243 g/mol. The molecule has 1 saturated heterocycles. The molecule has 96 valence electrons. The third-order valence-electron chi connectivity index (χ3n) is 3.88. The molecule has 0 amide bonds. The zero-order valence-electron chi connectivity index (χ0n) is 10.9. The molecule has 3 rings (SSSR count). The third kappa shape index (κ3) is 2.42. The van der Waals surface area contributed by atoms with Gasteiger partial charge in [0.1, 0.15) is 0 Å². The maximum Gasteiger partial charge on any atom is 0.0457 e. The molecule has 0 bridgehead atoms. The number of likely N-dealkylation sites (tertiary alicyclic amines) is 1. The van der Waals surface area contributed by atoms with Gasteiger partial charge in [-0.3, -0.25) is 0 Å². The highest BCUT2D eigenvalue weighted by atomic mass is 15.1. The first kappa shape index (κ1) is 11.8. The van der Waals surface area contributed by atoms with Crippen molar-refractivity contribution in [1.29, 1.82) is 0 Å². The van der Waals surface area contributed by atoms with Crippen LogP contribution in [0.4, 0.5) is 0 Å². The number of nitrogens with zero attached hydrogens (tertiary/aromatic N) is 1. The molecule has 0 saturated carbocycles. The summed E-state index contributed by atoms with van der Waals surface area (Å²) in [5.74, 6) is 0. The Hall–Kier alpha value is -1.32. The van der Waals surface area contributed by atoms with Crippen LogP contribution in [0, 0.1) is 0 Å². The van der Waals surface area contributed by atoms with E-state index in [9.17, 15) is 0 Å². The molecular formula is C15H21N3. The summed E-state index contributed by atoms with van der Waals surface area (Å²) in [6.07, 6.45) is 4.74. The monoisotopic (exact) mass is 243 g/mol. The van der Waals surface area contributed by atoms with E-state index in [0.717, 1.165) is 6.54 Å². The number of piperidine rings is 1. The van der Waals surface area contributed by atoms with E-state index >= 15 is 0 Å². The van der Waals surface area contributed by atoms with Crippen molar-refractivity contribution in [3.8, 4) is 0 Å². The van der Waals surface area contributed by atoms with Crippen molar-refractivity contribution < 1.29 is 0 Å². The number of hydrogen-bond donors (Lipinski definition) is 2. The van der Waals surface area contributed by atoms with Crippen LogP contribution in [0.5, 0.6) is 0 Å². The van der Waals surface area contributed by atoms with Crippen molar-refractivity contribution in [1.82, 2.24) is 15.2 Å². The summed E-state index contributed by atoms with van der Waals surface area (Å²) in [6.45, 7) is 3.37. The van der Waals surface area contributed by atoms with Crippen LogP contribution in [0.15, 0.2) is 30.5 Å². The maximum absolute atomic E-state index is 3.68. The smallest absolute Gasteiger partial charge is 0.0457 e. The van der Waals surface area contributed by atoms with Crippen molar-refractivity contribution in [2.24, 2.45) is 0 Å². The second kappa shape index (κ2) is 5.12. The predicted octanol–water partition coefficient (Wildman–Crippen LogP) is 2.35. The van der Waals surface area contributed by atoms with E-state index in [1.54, 1.807) is 0 Å². The summed E-state index contributed by atoms with van der Waals surface area (Å²) < 4.78 is 0. The maximum atomic E-state index is 3.68. The molecule has 3 heteroatoms. The Morgan fingerprint density at radius 2 is 2.28 bits per heavy atom. The van der Waals surface area contributed by atoms with Gasteiger partial charge in [0.25, 0.3) is 0 Å². The number of rotatable bonds is 3. The van der Waals surface area contributed by atoms with Gasteiger partial charge in [-0.2, -0.15) is 0 Å². The standard InChI is InChI=1S/C15H21N3/c1-18-8-4-5-13(11-18)16-9-12-10-17-15-7-3-2-6-14(12)15/h2-3,6-7,10,13,16-17H,4-5,8-9,11H2,1H3. The normalized spacial score (nSPS) is 21.5. The summed E-state index contributed by atoms with van der Waals surface area (Å²) in [5.41, 5.74) is 2.61. The molecule has 0 radical (unpaired) electrons. The molecule has 2 N–H and O–H groups in total. The summed E-state index contributed by atoms with van der Waals surface area (Å²) in [6, 6.07) is 9.14. The van der Waals surface area contributed by atoms with Crippen LogP contribution in [0.1, 0.15) is 18.4 Å². The van der Waals surface area contributed by atoms with Gasteiger partial charge in [-0.15, -0.1) is 0 Å². The first-order valence-electron chi connectivity index (χ1n) is 6.80. The lowest BCUT2D eigenvalue weighted by Crippen LogP contribution is -2.43. The molecule has 18 heavy (non-hydrogen) atoms. The zero-order valence-corrected chi connectivity index (χ0v) is 10.9. The third-order valence-corrected chi connectivity index (χ3v) is 3.88. The van der Waals surface area contributed by atoms with E-state index in [1.807, 2.05) is 0 Å². The molecule has 1 aliphatic rings. The minimum atomic E-state index is 0.636. The molecule has 3 nitrogen and oxygen atoms in total. The molecule has 1 aliphatic heterocycles. The number of H-pyrrole nitrogens is 1. The molecule has 1 fully saturated rings. The lowest BCUT2D eigenvalue weighted by atomic mass is 10.1. The minimum Gasteiger partial charge on any atom is -0.361 e. The van der Waals surface area contributed by atoms with E-state index < -0.39 is 0 Å². The van der Waals surface area contributed by atoms with Gasteiger partial charge < -0.3 is 15.2 Å². The molecule has 0 aliphatic carbocycles. The van der Waals surface area contributed by atoms with Gasteiger partial charge in [0, 0.05) is 36.2 Å². The van der Waals surface area contributed by atoms with Crippen molar-refractivity contribution in [2.45, 2.75) is 25.4 Å². The number of hydrogen-bond acceptors (Lipinski definition) is 2. The molecule has 0 spiro atoms. The molecule has 1 atom stereocenters. The van der Waals surface area contributed by atoms with Gasteiger partial charge in [-0.05, 0) is 38.1 Å². The summed E-state index contributed by atoms with van der Waals surface area (Å²) in [5, 5.41) is 5.03. The molecule has 1 aromatic heterocycles. The van der Waals surface area contributed by atoms with Gasteiger partial charge in [0.15, 0.2) is 0 Å². The van der Waals surface area contributed by atoms with Crippen LogP contribution >= 0.6 is 0 Å². The van der Waals surface area contributed by atoms with Crippen molar-refractivity contribution in [3.63, 3.8) is 0 Å². The lowest BCUT2D eigenvalue weighted by Gasteiger charge is -2.30. The van der Waals surface area contributed by atoms with Crippen LogP contribution in [0.3, 0.4) is 0 Å². The average Bonchev–Trinajstić information content (AvgIpc) is 2.80. The van der Waals surface area contributed by atoms with Crippen LogP contribution in [-0.4, -0.2) is 36.1 Å². The molecule has 2 heterocycles. The van der Waals surface area contributed by atoms with Gasteiger partial charge in [0.2, 0.25) is 0 Å². The van der Waals surface area contributed by atoms with Crippen molar-refractivity contribution in [3.05, 3.63) is 36.0 Å². The number of nitrogens with one attached hydrogen (secondary N) is 2. The van der Waals surface area contributed by atoms with E-state index in [0.29, 0.717) is 6.04 Å². The molecule has 1 unspecified atom stereocenters.